The van der Waals surface area contributed by atoms with Crippen LogP contribution in [0.25, 0.3) is 188 Å². The smallest absolute Gasteiger partial charge is 0.164 e. The van der Waals surface area contributed by atoms with Crippen LogP contribution in [0.4, 0.5) is 0 Å². The Balaban J connectivity index is 0.668. The molecular weight excluding hydrogens is 1100 g/mol. The summed E-state index contributed by atoms with van der Waals surface area (Å²) in [7, 11) is 0. The first-order valence-electron chi connectivity index (χ1n) is 29.1. The van der Waals surface area contributed by atoms with E-state index in [4.69, 9.17) is 43.2 Å². The topological polar surface area (TPSA) is 117 Å². The van der Waals surface area contributed by atoms with E-state index in [2.05, 4.69) is 127 Å². The number of hydrogen-bond acceptors (Lipinski definition) is 10. The summed E-state index contributed by atoms with van der Waals surface area (Å²) in [6.07, 6.45) is 0. The first-order valence-corrected chi connectivity index (χ1v) is 29.9. The molecule has 0 N–H and O–H groups in total. The van der Waals surface area contributed by atoms with E-state index in [-0.39, 0.29) is 0 Å². The van der Waals surface area contributed by atoms with E-state index in [9.17, 15) is 0 Å². The molecule has 0 radical (unpaired) electrons. The predicted molar refractivity (Wildman–Crippen MR) is 357 cm³/mol. The van der Waals surface area contributed by atoms with Gasteiger partial charge in [-0.25, -0.2) is 29.9 Å². The molecule has 9 nitrogen and oxygen atoms in total. The number of nitrogens with zero attached hydrogens (tertiary/aromatic N) is 6. The highest BCUT2D eigenvalue weighted by atomic mass is 32.1. The van der Waals surface area contributed by atoms with Gasteiger partial charge in [0.05, 0.1) is 0 Å². The molecule has 410 valence electrons. The standard InChI is InChI=1S/C78H44N6O3S/c1-4-14-46(15-5-1)73-79-74(47-16-6-2-7-17-47)82-77(81-73)53-34-39-67-63(42-53)59-36-31-52(44-69(59)87-67)56-22-12-23-60-71-55(21-13-25-70(71)88-72(56)60)45-26-28-49(29-27-45)76-80-75(48-18-8-3-9-19-48)83-78(84-76)54-33-38-66-62(41-54)58-35-30-51(43-68(58)86-66)50-32-37-65-61(40-50)57-20-10-11-24-64(57)85-65/h1-44H. The zero-order chi connectivity index (χ0) is 57.8. The summed E-state index contributed by atoms with van der Waals surface area (Å²) in [6, 6.07) is 91.9. The van der Waals surface area contributed by atoms with Gasteiger partial charge < -0.3 is 13.3 Å². The van der Waals surface area contributed by atoms with Crippen LogP contribution < -0.4 is 0 Å². The molecule has 88 heavy (non-hydrogen) atoms. The van der Waals surface area contributed by atoms with Gasteiger partial charge in [0, 0.05) is 85.9 Å². The van der Waals surface area contributed by atoms with Gasteiger partial charge in [-0.05, 0) is 118 Å². The van der Waals surface area contributed by atoms with Crippen LogP contribution in [0, 0.1) is 0 Å². The first kappa shape index (κ1) is 49.7. The van der Waals surface area contributed by atoms with Crippen molar-refractivity contribution in [3.63, 3.8) is 0 Å². The van der Waals surface area contributed by atoms with Crippen LogP contribution in [0.3, 0.4) is 0 Å². The Morgan fingerprint density at radius 2 is 0.580 bits per heavy atom. The molecule has 0 aliphatic heterocycles. The molecule has 0 aliphatic rings. The van der Waals surface area contributed by atoms with E-state index < -0.39 is 0 Å². The Bertz CT molecular complexity index is 5760. The van der Waals surface area contributed by atoms with Crippen molar-refractivity contribution >= 4 is 97.3 Å². The van der Waals surface area contributed by atoms with Gasteiger partial charge in [0.25, 0.3) is 0 Å². The molecule has 12 aromatic carbocycles. The van der Waals surface area contributed by atoms with Crippen LogP contribution in [0.15, 0.2) is 280 Å². The number of thiophene rings is 1. The van der Waals surface area contributed by atoms with Crippen LogP contribution in [0.5, 0.6) is 0 Å². The minimum atomic E-state index is 0.576. The van der Waals surface area contributed by atoms with E-state index >= 15 is 0 Å². The van der Waals surface area contributed by atoms with E-state index in [0.717, 1.165) is 133 Å². The summed E-state index contributed by atoms with van der Waals surface area (Å²) >= 11 is 1.82. The molecule has 0 bridgehead atoms. The third kappa shape index (κ3) is 8.37. The molecule has 0 amide bonds. The lowest BCUT2D eigenvalue weighted by Crippen LogP contribution is -2.00. The summed E-state index contributed by atoms with van der Waals surface area (Å²) in [5.74, 6) is 3.60. The second kappa shape index (κ2) is 20.0. The van der Waals surface area contributed by atoms with Crippen LogP contribution in [-0.2, 0) is 0 Å². The third-order valence-corrected chi connectivity index (χ3v) is 18.0. The Morgan fingerprint density at radius 3 is 1.15 bits per heavy atom. The quantitative estimate of drug-likeness (QED) is 0.139. The number of fused-ring (bicyclic) bond motifs is 12. The van der Waals surface area contributed by atoms with Crippen LogP contribution in [0.1, 0.15) is 0 Å². The first-order chi connectivity index (χ1) is 43.5. The van der Waals surface area contributed by atoms with Gasteiger partial charge >= 0.3 is 0 Å². The van der Waals surface area contributed by atoms with Crippen molar-refractivity contribution in [2.75, 3.05) is 0 Å². The van der Waals surface area contributed by atoms with Gasteiger partial charge in [-0.15, -0.1) is 11.3 Å². The van der Waals surface area contributed by atoms with Crippen molar-refractivity contribution < 1.29 is 13.3 Å². The zero-order valence-electron chi connectivity index (χ0n) is 46.7. The molecular formula is C78H44N6O3S. The summed E-state index contributed by atoms with van der Waals surface area (Å²) in [4.78, 5) is 30.3. The number of para-hydroxylation sites is 1. The Labute approximate surface area is 506 Å². The van der Waals surface area contributed by atoms with Gasteiger partial charge in [-0.3, -0.25) is 0 Å². The zero-order valence-corrected chi connectivity index (χ0v) is 47.5. The predicted octanol–water partition coefficient (Wildman–Crippen LogP) is 21.1. The van der Waals surface area contributed by atoms with Gasteiger partial charge in [-0.2, -0.15) is 0 Å². The Morgan fingerprint density at radius 1 is 0.216 bits per heavy atom. The van der Waals surface area contributed by atoms with Gasteiger partial charge in [0.2, 0.25) is 0 Å². The molecule has 0 unspecified atom stereocenters. The lowest BCUT2D eigenvalue weighted by Gasteiger charge is -2.10. The summed E-state index contributed by atoms with van der Waals surface area (Å²) in [5, 5.41) is 8.63. The number of aromatic nitrogens is 6. The third-order valence-electron chi connectivity index (χ3n) is 16.8. The molecule has 0 saturated heterocycles. The molecule has 18 aromatic rings. The van der Waals surface area contributed by atoms with E-state index in [1.54, 1.807) is 0 Å². The maximum absolute atomic E-state index is 6.63. The van der Waals surface area contributed by atoms with E-state index in [1.807, 2.05) is 151 Å². The summed E-state index contributed by atoms with van der Waals surface area (Å²) in [6.45, 7) is 0. The fourth-order valence-corrected chi connectivity index (χ4v) is 13.8. The fourth-order valence-electron chi connectivity index (χ4n) is 12.5. The van der Waals surface area contributed by atoms with E-state index in [0.29, 0.717) is 34.9 Å². The number of furan rings is 3. The molecule has 0 spiro atoms. The van der Waals surface area contributed by atoms with Crippen molar-refractivity contribution in [2.24, 2.45) is 0 Å². The summed E-state index contributed by atoms with van der Waals surface area (Å²) in [5.41, 5.74) is 17.0. The fraction of sp³-hybridized carbons (Fsp3) is 0. The lowest BCUT2D eigenvalue weighted by molar-refractivity contribution is 0.668. The highest BCUT2D eigenvalue weighted by Crippen LogP contribution is 2.46. The average Bonchev–Trinajstić information content (AvgIpc) is 1.80. The van der Waals surface area contributed by atoms with Crippen LogP contribution in [-0.4, -0.2) is 29.9 Å². The second-order valence-electron chi connectivity index (χ2n) is 22.1. The molecule has 0 aliphatic carbocycles. The van der Waals surface area contributed by atoms with Crippen molar-refractivity contribution in [3.05, 3.63) is 267 Å². The average molecular weight is 1150 g/mol. The number of rotatable bonds is 9. The minimum absolute atomic E-state index is 0.576. The second-order valence-corrected chi connectivity index (χ2v) is 23.2. The minimum Gasteiger partial charge on any atom is -0.456 e. The maximum atomic E-state index is 6.63. The molecule has 10 heteroatoms. The maximum Gasteiger partial charge on any atom is 0.164 e. The molecule has 18 rings (SSSR count). The molecule has 6 heterocycles. The normalized spacial score (nSPS) is 11.9. The molecule has 0 atom stereocenters. The molecule has 6 aromatic heterocycles. The summed E-state index contributed by atoms with van der Waals surface area (Å²) < 4.78 is 21.7. The van der Waals surface area contributed by atoms with Crippen molar-refractivity contribution in [3.8, 4) is 102 Å². The van der Waals surface area contributed by atoms with Gasteiger partial charge in [0.1, 0.15) is 33.5 Å². The number of benzene rings is 12. The highest BCUT2D eigenvalue weighted by molar-refractivity contribution is 7.26. The monoisotopic (exact) mass is 1140 g/mol. The van der Waals surface area contributed by atoms with Crippen molar-refractivity contribution in [2.45, 2.75) is 0 Å². The largest absolute Gasteiger partial charge is 0.456 e. The Hall–Kier alpha value is -11.7. The highest BCUT2D eigenvalue weighted by Gasteiger charge is 2.21. The SMILES string of the molecule is c1ccc(-c2nc(-c3ccc(-c4cccc5sc6c(-c7ccc8c(c7)oc7ccc(-c9nc(-c%10ccccc%10)nc(-c%10ccccc%10)n9)cc78)cccc6c45)cc3)nc(-c3ccc4oc5cc(-c6ccc7oc8ccccc8c7c6)ccc5c4c3)n2)cc1. The molecule has 0 fully saturated rings. The van der Waals surface area contributed by atoms with E-state index in [1.165, 1.54) is 20.2 Å². The van der Waals surface area contributed by atoms with Crippen molar-refractivity contribution in [1.82, 2.24) is 29.9 Å². The van der Waals surface area contributed by atoms with Crippen molar-refractivity contribution in [1.29, 1.82) is 0 Å². The molecule has 0 saturated carbocycles. The van der Waals surface area contributed by atoms with Crippen LogP contribution in [0.2, 0.25) is 0 Å². The Kier molecular flexibility index (Phi) is 11.3. The van der Waals surface area contributed by atoms with Gasteiger partial charge in [-0.1, -0.05) is 182 Å². The van der Waals surface area contributed by atoms with Gasteiger partial charge in [0.15, 0.2) is 34.9 Å². The number of hydrogen-bond donors (Lipinski definition) is 0. The van der Waals surface area contributed by atoms with Crippen LogP contribution >= 0.6 is 11.3 Å². The lowest BCUT2D eigenvalue weighted by atomic mass is 9.96.